The highest BCUT2D eigenvalue weighted by Crippen LogP contribution is 2.38. The molecule has 1 N–H and O–H groups in total. The summed E-state index contributed by atoms with van der Waals surface area (Å²) in [5, 5.41) is 20.3. The zero-order chi connectivity index (χ0) is 27.7. The number of hydrogen-bond acceptors (Lipinski definition) is 6. The van der Waals surface area contributed by atoms with Crippen LogP contribution in [0, 0.1) is 18.3 Å². The predicted molar refractivity (Wildman–Crippen MR) is 136 cm³/mol. The van der Waals surface area contributed by atoms with Crippen LogP contribution in [0.4, 0.5) is 23.9 Å². The summed E-state index contributed by atoms with van der Waals surface area (Å²) in [7, 11) is 0. The van der Waals surface area contributed by atoms with E-state index in [1.807, 2.05) is 0 Å². The Hall–Kier alpha value is -5.18. The normalized spacial score (nSPS) is 11.4. The number of anilines is 1. The summed E-state index contributed by atoms with van der Waals surface area (Å²) >= 11 is 0. The molecule has 196 valence electrons. The number of nitrogens with one attached hydrogen (secondary N) is 1. The number of rotatable bonds is 5. The Balaban J connectivity index is 1.73. The third-order valence-corrected chi connectivity index (χ3v) is 6.01. The van der Waals surface area contributed by atoms with Gasteiger partial charge in [0, 0.05) is 17.3 Å². The monoisotopic (exact) mass is 531 g/mol. The van der Waals surface area contributed by atoms with E-state index in [1.54, 1.807) is 67.3 Å². The first-order chi connectivity index (χ1) is 18.7. The predicted octanol–water partition coefficient (Wildman–Crippen LogP) is 6.02. The molecule has 2 aromatic carbocycles. The van der Waals surface area contributed by atoms with Gasteiger partial charge in [0.2, 0.25) is 0 Å². The lowest BCUT2D eigenvalue weighted by Gasteiger charge is -2.16. The Morgan fingerprint density at radius 3 is 2.62 bits per heavy atom. The minimum absolute atomic E-state index is 0.0705. The quantitative estimate of drug-likeness (QED) is 0.297. The smallest absolute Gasteiger partial charge is 0.416 e. The molecule has 1 amide bonds. The summed E-state index contributed by atoms with van der Waals surface area (Å²) in [5.74, 6) is -0.0705. The van der Waals surface area contributed by atoms with Crippen molar-refractivity contribution in [3.8, 4) is 34.1 Å². The number of fused-ring (bicyclic) bond motifs is 1. The molecule has 3 heterocycles. The minimum Gasteiger partial charge on any atom is -0.450 e. The molecule has 5 rings (SSSR count). The van der Waals surface area contributed by atoms with E-state index in [4.69, 9.17) is 10.00 Å². The van der Waals surface area contributed by atoms with Crippen molar-refractivity contribution in [3.05, 3.63) is 83.7 Å². The molecule has 0 radical (unpaired) electrons. The molecule has 9 nitrogen and oxygen atoms in total. The Labute approximate surface area is 220 Å². The van der Waals surface area contributed by atoms with Crippen molar-refractivity contribution in [1.29, 1.82) is 5.26 Å². The van der Waals surface area contributed by atoms with Crippen LogP contribution in [0.25, 0.3) is 33.7 Å². The summed E-state index contributed by atoms with van der Waals surface area (Å²) in [4.78, 5) is 16.4. The van der Waals surface area contributed by atoms with Crippen molar-refractivity contribution in [3.63, 3.8) is 0 Å². The molecule has 0 aliphatic rings. The van der Waals surface area contributed by atoms with Crippen molar-refractivity contribution in [2.45, 2.75) is 20.0 Å². The highest BCUT2D eigenvalue weighted by molar-refractivity contribution is 5.88. The Morgan fingerprint density at radius 1 is 1.15 bits per heavy atom. The van der Waals surface area contributed by atoms with Crippen LogP contribution < -0.4 is 5.32 Å². The number of carbonyl (C=O) groups excluding carboxylic acids is 1. The van der Waals surface area contributed by atoms with Crippen LogP contribution in [0.15, 0.2) is 67.0 Å². The van der Waals surface area contributed by atoms with Crippen LogP contribution in [-0.2, 0) is 10.9 Å². The second-order valence-electron chi connectivity index (χ2n) is 8.46. The molecule has 0 saturated carbocycles. The van der Waals surface area contributed by atoms with Gasteiger partial charge in [-0.3, -0.25) is 5.32 Å². The molecule has 0 bridgehead atoms. The maximum Gasteiger partial charge on any atom is 0.416 e. The van der Waals surface area contributed by atoms with E-state index < -0.39 is 17.8 Å². The molecule has 0 aliphatic heterocycles. The number of carbonyl (C=O) groups is 1. The van der Waals surface area contributed by atoms with E-state index in [1.165, 1.54) is 10.6 Å². The lowest BCUT2D eigenvalue weighted by atomic mass is 9.95. The fourth-order valence-corrected chi connectivity index (χ4v) is 4.26. The van der Waals surface area contributed by atoms with Crippen molar-refractivity contribution in [2.75, 3.05) is 11.9 Å². The zero-order valence-corrected chi connectivity index (χ0v) is 20.7. The van der Waals surface area contributed by atoms with E-state index in [2.05, 4.69) is 26.6 Å². The number of hydrogen-bond donors (Lipinski definition) is 1. The number of pyridine rings is 1. The van der Waals surface area contributed by atoms with Gasteiger partial charge in [-0.25, -0.2) is 14.0 Å². The van der Waals surface area contributed by atoms with Crippen molar-refractivity contribution in [1.82, 2.24) is 24.4 Å². The molecule has 0 aliphatic carbocycles. The first kappa shape index (κ1) is 25.5. The van der Waals surface area contributed by atoms with E-state index in [9.17, 15) is 18.0 Å². The van der Waals surface area contributed by atoms with Gasteiger partial charge in [0.05, 0.1) is 41.4 Å². The van der Waals surface area contributed by atoms with E-state index in [0.29, 0.717) is 33.6 Å². The van der Waals surface area contributed by atoms with Gasteiger partial charge in [0.15, 0.2) is 5.65 Å². The lowest BCUT2D eigenvalue weighted by Crippen LogP contribution is -2.14. The molecule has 0 fully saturated rings. The summed E-state index contributed by atoms with van der Waals surface area (Å²) in [6.07, 6.45) is -2.04. The summed E-state index contributed by atoms with van der Waals surface area (Å²) in [6, 6.07) is 15.6. The zero-order valence-electron chi connectivity index (χ0n) is 20.7. The first-order valence-electron chi connectivity index (χ1n) is 11.8. The molecule has 0 unspecified atom stereocenters. The Morgan fingerprint density at radius 2 is 1.92 bits per heavy atom. The van der Waals surface area contributed by atoms with Crippen molar-refractivity contribution < 1.29 is 22.7 Å². The second-order valence-corrected chi connectivity index (χ2v) is 8.46. The number of alkyl halides is 3. The molecule has 0 spiro atoms. The van der Waals surface area contributed by atoms with Crippen LogP contribution in [0.3, 0.4) is 0 Å². The highest BCUT2D eigenvalue weighted by atomic mass is 19.4. The average Bonchev–Trinajstić information content (AvgIpc) is 3.55. The number of nitriles is 1. The van der Waals surface area contributed by atoms with Gasteiger partial charge < -0.3 is 4.74 Å². The van der Waals surface area contributed by atoms with E-state index in [0.717, 1.165) is 12.1 Å². The number of aromatic nitrogens is 5. The topological polar surface area (TPSA) is 110 Å². The maximum atomic E-state index is 13.6. The summed E-state index contributed by atoms with van der Waals surface area (Å²) in [6.45, 7) is 3.56. The molecule has 0 atom stereocenters. The first-order valence-corrected chi connectivity index (χ1v) is 11.8. The van der Waals surface area contributed by atoms with Crippen LogP contribution in [-0.4, -0.2) is 37.1 Å². The van der Waals surface area contributed by atoms with Gasteiger partial charge in [-0.15, -0.1) is 5.10 Å². The average molecular weight is 531 g/mol. The largest absolute Gasteiger partial charge is 0.450 e. The number of ether oxygens (including phenoxy) is 1. The SMILES string of the molecule is CCOC(=O)Nc1nc2c(-c3cccc(C(F)(F)F)c3)c(C)c(-c3ccnn3-c3ccc(C#N)cc3)cn2n1. The number of amides is 1. The van der Waals surface area contributed by atoms with Gasteiger partial charge in [0.1, 0.15) is 0 Å². The molecule has 0 saturated heterocycles. The van der Waals surface area contributed by atoms with Gasteiger partial charge >= 0.3 is 12.3 Å². The number of benzene rings is 2. The third-order valence-electron chi connectivity index (χ3n) is 6.01. The molecule has 3 aromatic heterocycles. The number of nitrogens with zero attached hydrogens (tertiary/aromatic N) is 6. The molecule has 12 heteroatoms. The lowest BCUT2D eigenvalue weighted by molar-refractivity contribution is -0.137. The van der Waals surface area contributed by atoms with Crippen LogP contribution in [0.5, 0.6) is 0 Å². The van der Waals surface area contributed by atoms with Gasteiger partial charge in [0.25, 0.3) is 5.95 Å². The Bertz CT molecular complexity index is 1730. The summed E-state index contributed by atoms with van der Waals surface area (Å²) < 4.78 is 48.7. The maximum absolute atomic E-state index is 13.6. The van der Waals surface area contributed by atoms with E-state index >= 15 is 0 Å². The van der Waals surface area contributed by atoms with Gasteiger partial charge in [-0.1, -0.05) is 12.1 Å². The molecule has 5 aromatic rings. The van der Waals surface area contributed by atoms with Crippen molar-refractivity contribution in [2.24, 2.45) is 0 Å². The van der Waals surface area contributed by atoms with Gasteiger partial charge in [-0.2, -0.15) is 28.5 Å². The standard InChI is InChI=1S/C27H20F3N7O2/c1-3-39-26(38)34-25-33-24-23(18-5-4-6-19(13-18)27(28,29)30)16(2)21(15-36(24)35-25)22-11-12-32-37(22)20-9-7-17(14-31)8-10-20/h4-13,15H,3H2,1-2H3,(H,34,35,38). The third kappa shape index (κ3) is 4.89. The van der Waals surface area contributed by atoms with Crippen molar-refractivity contribution >= 4 is 17.7 Å². The van der Waals surface area contributed by atoms with Crippen LogP contribution in [0.1, 0.15) is 23.6 Å². The fraction of sp³-hybridized carbons (Fsp3) is 0.148. The molecular formula is C27H20F3N7O2. The van der Waals surface area contributed by atoms with Gasteiger partial charge in [-0.05, 0) is 67.4 Å². The summed E-state index contributed by atoms with van der Waals surface area (Å²) in [5.41, 5.74) is 3.13. The second kappa shape index (κ2) is 9.94. The molecular weight excluding hydrogens is 511 g/mol. The minimum atomic E-state index is -4.55. The highest BCUT2D eigenvalue weighted by Gasteiger charge is 2.31. The molecule has 39 heavy (non-hydrogen) atoms. The van der Waals surface area contributed by atoms with Crippen LogP contribution >= 0.6 is 0 Å². The van der Waals surface area contributed by atoms with Crippen LogP contribution in [0.2, 0.25) is 0 Å². The number of halogens is 3. The Kier molecular flexibility index (Phi) is 6.49. The fourth-order valence-electron chi connectivity index (χ4n) is 4.26. The van der Waals surface area contributed by atoms with E-state index in [-0.39, 0.29) is 23.8 Å².